The fourth-order valence-electron chi connectivity index (χ4n) is 1.26. The molecule has 0 amide bonds. The van der Waals surface area contributed by atoms with Gasteiger partial charge in [0.25, 0.3) is 0 Å². The van der Waals surface area contributed by atoms with Crippen molar-refractivity contribution in [2.75, 3.05) is 11.9 Å². The van der Waals surface area contributed by atoms with E-state index < -0.39 is 0 Å². The van der Waals surface area contributed by atoms with Gasteiger partial charge in [0.15, 0.2) is 5.82 Å². The van der Waals surface area contributed by atoms with Gasteiger partial charge < -0.3 is 5.32 Å². The number of pyridine rings is 1. The summed E-state index contributed by atoms with van der Waals surface area (Å²) in [5.74, 6) is 0.703. The van der Waals surface area contributed by atoms with Crippen LogP contribution in [0.25, 0.3) is 11.5 Å². The molecule has 0 fully saturated rings. The number of aromatic nitrogens is 3. The molecule has 0 spiro atoms. The molecule has 0 aliphatic rings. The Balaban J connectivity index is 2.33. The topological polar surface area (TPSA) is 50.7 Å². The van der Waals surface area contributed by atoms with E-state index in [-0.39, 0.29) is 0 Å². The zero-order chi connectivity index (χ0) is 10.7. The summed E-state index contributed by atoms with van der Waals surface area (Å²) in [5.41, 5.74) is 1.95. The highest BCUT2D eigenvalue weighted by Crippen LogP contribution is 2.21. The number of nitrogens with one attached hydrogen (secondary N) is 1. The van der Waals surface area contributed by atoms with E-state index in [2.05, 4.69) is 19.7 Å². The highest BCUT2D eigenvalue weighted by molar-refractivity contribution is 7.09. The Morgan fingerprint density at radius 1 is 1.47 bits per heavy atom. The summed E-state index contributed by atoms with van der Waals surface area (Å²) in [6.07, 6.45) is 1.76. The molecule has 0 radical (unpaired) electrons. The van der Waals surface area contributed by atoms with E-state index in [1.165, 1.54) is 11.5 Å². The predicted molar refractivity (Wildman–Crippen MR) is 62.0 cm³/mol. The second-order valence-corrected chi connectivity index (χ2v) is 3.87. The molecule has 0 bridgehead atoms. The van der Waals surface area contributed by atoms with Gasteiger partial charge in [-0.15, -0.1) is 0 Å². The van der Waals surface area contributed by atoms with Gasteiger partial charge in [0.2, 0.25) is 5.13 Å². The third-order valence-corrected chi connectivity index (χ3v) is 2.65. The molecular formula is C10H12N4S. The van der Waals surface area contributed by atoms with Gasteiger partial charge >= 0.3 is 0 Å². The van der Waals surface area contributed by atoms with Crippen molar-refractivity contribution in [2.45, 2.75) is 13.8 Å². The van der Waals surface area contributed by atoms with Gasteiger partial charge in [-0.1, -0.05) is 6.07 Å². The van der Waals surface area contributed by atoms with E-state index in [0.717, 1.165) is 22.9 Å². The molecule has 1 N–H and O–H groups in total. The fraction of sp³-hybridized carbons (Fsp3) is 0.300. The first kappa shape index (κ1) is 10.0. The van der Waals surface area contributed by atoms with Gasteiger partial charge in [-0.2, -0.15) is 9.36 Å². The maximum atomic E-state index is 4.36. The zero-order valence-electron chi connectivity index (χ0n) is 8.69. The Morgan fingerprint density at radius 2 is 2.33 bits per heavy atom. The molecule has 0 saturated heterocycles. The van der Waals surface area contributed by atoms with Gasteiger partial charge in [0.05, 0.1) is 0 Å². The van der Waals surface area contributed by atoms with Crippen LogP contribution in [-0.4, -0.2) is 20.9 Å². The van der Waals surface area contributed by atoms with E-state index in [4.69, 9.17) is 0 Å². The van der Waals surface area contributed by atoms with E-state index >= 15 is 0 Å². The van der Waals surface area contributed by atoms with Crippen LogP contribution in [0, 0.1) is 6.92 Å². The van der Waals surface area contributed by atoms with E-state index in [1.54, 1.807) is 6.20 Å². The Labute approximate surface area is 92.6 Å². The second kappa shape index (κ2) is 4.35. The molecule has 2 heterocycles. The Morgan fingerprint density at radius 3 is 3.07 bits per heavy atom. The predicted octanol–water partition coefficient (Wildman–Crippen LogP) is 2.34. The average Bonchev–Trinajstić information content (AvgIpc) is 2.68. The van der Waals surface area contributed by atoms with E-state index in [9.17, 15) is 0 Å². The van der Waals surface area contributed by atoms with Crippen molar-refractivity contribution in [3.05, 3.63) is 23.9 Å². The molecule has 0 unspecified atom stereocenters. The largest absolute Gasteiger partial charge is 0.361 e. The molecule has 2 rings (SSSR count). The van der Waals surface area contributed by atoms with Crippen molar-refractivity contribution in [1.82, 2.24) is 14.3 Å². The normalized spacial score (nSPS) is 10.3. The Hall–Kier alpha value is -1.49. The van der Waals surface area contributed by atoms with Crippen LogP contribution in [0.15, 0.2) is 18.3 Å². The first-order chi connectivity index (χ1) is 7.31. The molecule has 0 saturated carbocycles. The maximum Gasteiger partial charge on any atom is 0.202 e. The van der Waals surface area contributed by atoms with Crippen LogP contribution in [-0.2, 0) is 0 Å². The van der Waals surface area contributed by atoms with Crippen LogP contribution in [0.3, 0.4) is 0 Å². The minimum atomic E-state index is 0.703. The average molecular weight is 220 g/mol. The van der Waals surface area contributed by atoms with E-state index in [1.807, 2.05) is 26.0 Å². The lowest BCUT2D eigenvalue weighted by atomic mass is 10.2. The number of anilines is 1. The molecule has 2 aromatic rings. The summed E-state index contributed by atoms with van der Waals surface area (Å²) < 4.78 is 4.27. The SMILES string of the molecule is CCNc1nc(-c2ncccc2C)ns1. The van der Waals surface area contributed by atoms with Crippen molar-refractivity contribution in [1.29, 1.82) is 0 Å². The molecular weight excluding hydrogens is 208 g/mol. The van der Waals surface area contributed by atoms with Crippen LogP contribution in [0.5, 0.6) is 0 Å². The minimum Gasteiger partial charge on any atom is -0.361 e. The maximum absolute atomic E-state index is 4.36. The lowest BCUT2D eigenvalue weighted by Crippen LogP contribution is -1.95. The number of nitrogens with zero attached hydrogens (tertiary/aromatic N) is 3. The summed E-state index contributed by atoms with van der Waals surface area (Å²) in [4.78, 5) is 8.64. The van der Waals surface area contributed by atoms with Crippen molar-refractivity contribution in [3.63, 3.8) is 0 Å². The quantitative estimate of drug-likeness (QED) is 0.862. The summed E-state index contributed by atoms with van der Waals surface area (Å²) in [5, 5.41) is 3.98. The molecule has 2 aromatic heterocycles. The van der Waals surface area contributed by atoms with Gasteiger partial charge in [-0.3, -0.25) is 4.98 Å². The first-order valence-electron chi connectivity index (χ1n) is 4.81. The summed E-state index contributed by atoms with van der Waals surface area (Å²) in [7, 11) is 0. The monoisotopic (exact) mass is 220 g/mol. The number of hydrogen-bond donors (Lipinski definition) is 1. The Kier molecular flexibility index (Phi) is 2.91. The summed E-state index contributed by atoms with van der Waals surface area (Å²) >= 11 is 1.37. The third-order valence-electron chi connectivity index (χ3n) is 1.98. The highest BCUT2D eigenvalue weighted by Gasteiger charge is 2.08. The van der Waals surface area contributed by atoms with Gasteiger partial charge in [-0.05, 0) is 25.5 Å². The molecule has 4 nitrogen and oxygen atoms in total. The molecule has 15 heavy (non-hydrogen) atoms. The van der Waals surface area contributed by atoms with E-state index in [0.29, 0.717) is 5.82 Å². The van der Waals surface area contributed by atoms with Crippen LogP contribution in [0.4, 0.5) is 5.13 Å². The first-order valence-corrected chi connectivity index (χ1v) is 5.58. The Bertz CT molecular complexity index is 452. The summed E-state index contributed by atoms with van der Waals surface area (Å²) in [6.45, 7) is 4.90. The van der Waals surface area contributed by atoms with Gasteiger partial charge in [0, 0.05) is 24.3 Å². The zero-order valence-corrected chi connectivity index (χ0v) is 9.51. The van der Waals surface area contributed by atoms with Crippen molar-refractivity contribution < 1.29 is 0 Å². The lowest BCUT2D eigenvalue weighted by Gasteiger charge is -1.98. The molecule has 5 heteroatoms. The molecule has 0 atom stereocenters. The van der Waals surface area contributed by atoms with Gasteiger partial charge in [0.1, 0.15) is 5.69 Å². The molecule has 78 valence electrons. The number of rotatable bonds is 3. The minimum absolute atomic E-state index is 0.703. The molecule has 0 aliphatic heterocycles. The standard InChI is InChI=1S/C10H12N4S/c1-3-11-10-13-9(14-15-10)8-7(2)5-4-6-12-8/h4-6H,3H2,1-2H3,(H,11,13,14). The van der Waals surface area contributed by atoms with Crippen molar-refractivity contribution in [2.24, 2.45) is 0 Å². The van der Waals surface area contributed by atoms with Gasteiger partial charge in [-0.25, -0.2) is 0 Å². The van der Waals surface area contributed by atoms with Crippen molar-refractivity contribution in [3.8, 4) is 11.5 Å². The van der Waals surface area contributed by atoms with Crippen LogP contribution in [0.1, 0.15) is 12.5 Å². The number of aryl methyl sites for hydroxylation is 1. The third kappa shape index (κ3) is 2.12. The van der Waals surface area contributed by atoms with Crippen LogP contribution < -0.4 is 5.32 Å². The van der Waals surface area contributed by atoms with Crippen molar-refractivity contribution >= 4 is 16.7 Å². The number of hydrogen-bond acceptors (Lipinski definition) is 5. The van der Waals surface area contributed by atoms with Crippen LogP contribution in [0.2, 0.25) is 0 Å². The smallest absolute Gasteiger partial charge is 0.202 e. The molecule has 0 aliphatic carbocycles. The highest BCUT2D eigenvalue weighted by atomic mass is 32.1. The fourth-order valence-corrected chi connectivity index (χ4v) is 1.90. The van der Waals surface area contributed by atoms with Crippen LogP contribution >= 0.6 is 11.5 Å². The molecule has 0 aromatic carbocycles. The summed E-state index contributed by atoms with van der Waals surface area (Å²) in [6, 6.07) is 3.92. The second-order valence-electron chi connectivity index (χ2n) is 3.12. The lowest BCUT2D eigenvalue weighted by molar-refractivity contribution is 1.16.